The van der Waals surface area contributed by atoms with Gasteiger partial charge in [0.15, 0.2) is 11.6 Å². The SMILES string of the molecule is COc1ccc(Br)nc1N(C)C(=O)OC(C)(C)C. The lowest BCUT2D eigenvalue weighted by atomic mass is 10.2. The molecule has 0 aromatic carbocycles. The van der Waals surface area contributed by atoms with Crippen LogP contribution in [-0.4, -0.2) is 30.8 Å². The van der Waals surface area contributed by atoms with Gasteiger partial charge in [-0.2, -0.15) is 0 Å². The van der Waals surface area contributed by atoms with E-state index in [2.05, 4.69) is 20.9 Å². The third-order valence-corrected chi connectivity index (χ3v) is 2.45. The number of ether oxygens (including phenoxy) is 2. The lowest BCUT2D eigenvalue weighted by Crippen LogP contribution is -2.34. The van der Waals surface area contributed by atoms with Gasteiger partial charge in [0.1, 0.15) is 10.2 Å². The molecule has 1 aromatic rings. The van der Waals surface area contributed by atoms with E-state index < -0.39 is 11.7 Å². The van der Waals surface area contributed by atoms with Crippen molar-refractivity contribution in [2.45, 2.75) is 26.4 Å². The lowest BCUT2D eigenvalue weighted by molar-refractivity contribution is 0.0587. The van der Waals surface area contributed by atoms with E-state index in [0.717, 1.165) is 0 Å². The molecule has 0 aliphatic heterocycles. The number of halogens is 1. The summed E-state index contributed by atoms with van der Waals surface area (Å²) in [6.45, 7) is 5.43. The summed E-state index contributed by atoms with van der Waals surface area (Å²) < 4.78 is 11.1. The number of hydrogen-bond acceptors (Lipinski definition) is 4. The maximum atomic E-state index is 11.9. The monoisotopic (exact) mass is 316 g/mol. The van der Waals surface area contributed by atoms with Crippen molar-refractivity contribution in [3.8, 4) is 5.75 Å². The van der Waals surface area contributed by atoms with E-state index in [0.29, 0.717) is 16.2 Å². The topological polar surface area (TPSA) is 51.7 Å². The molecular formula is C12H17BrN2O3. The number of amides is 1. The molecular weight excluding hydrogens is 300 g/mol. The van der Waals surface area contributed by atoms with Gasteiger partial charge in [-0.3, -0.25) is 4.90 Å². The molecule has 6 heteroatoms. The summed E-state index contributed by atoms with van der Waals surface area (Å²) in [5.41, 5.74) is -0.551. The van der Waals surface area contributed by atoms with Crippen molar-refractivity contribution in [1.82, 2.24) is 4.98 Å². The van der Waals surface area contributed by atoms with Crippen LogP contribution in [0.5, 0.6) is 5.75 Å². The van der Waals surface area contributed by atoms with Crippen LogP contribution in [0.15, 0.2) is 16.7 Å². The van der Waals surface area contributed by atoms with Gasteiger partial charge >= 0.3 is 6.09 Å². The fraction of sp³-hybridized carbons (Fsp3) is 0.500. The normalized spacial score (nSPS) is 11.0. The molecule has 18 heavy (non-hydrogen) atoms. The number of carbonyl (C=O) groups is 1. The van der Waals surface area contributed by atoms with Gasteiger partial charge in [0, 0.05) is 7.05 Å². The van der Waals surface area contributed by atoms with Crippen molar-refractivity contribution in [2.24, 2.45) is 0 Å². The first-order valence-electron chi connectivity index (χ1n) is 5.42. The van der Waals surface area contributed by atoms with Gasteiger partial charge in [0.05, 0.1) is 7.11 Å². The molecule has 0 atom stereocenters. The molecule has 0 aliphatic rings. The standard InChI is InChI=1S/C12H17BrN2O3/c1-12(2,3)18-11(16)15(4)10-8(17-5)6-7-9(13)14-10/h6-7H,1-5H3. The molecule has 5 nitrogen and oxygen atoms in total. The number of aromatic nitrogens is 1. The molecule has 0 radical (unpaired) electrons. The van der Waals surface area contributed by atoms with E-state index in [9.17, 15) is 4.79 Å². The Bertz CT molecular complexity index is 443. The Morgan fingerprint density at radius 2 is 2.00 bits per heavy atom. The maximum Gasteiger partial charge on any atom is 0.415 e. The smallest absolute Gasteiger partial charge is 0.415 e. The molecule has 1 aromatic heterocycles. The second-order valence-corrected chi connectivity index (χ2v) is 5.51. The molecule has 0 saturated carbocycles. The highest BCUT2D eigenvalue weighted by atomic mass is 79.9. The molecule has 100 valence electrons. The van der Waals surface area contributed by atoms with Crippen LogP contribution in [0.1, 0.15) is 20.8 Å². The fourth-order valence-corrected chi connectivity index (χ4v) is 1.53. The quantitative estimate of drug-likeness (QED) is 0.786. The molecule has 0 N–H and O–H groups in total. The Labute approximate surface area is 115 Å². The maximum absolute atomic E-state index is 11.9. The second kappa shape index (κ2) is 5.56. The van der Waals surface area contributed by atoms with E-state index in [1.807, 2.05) is 20.8 Å². The van der Waals surface area contributed by atoms with Crippen molar-refractivity contribution in [1.29, 1.82) is 0 Å². The minimum absolute atomic E-state index is 0.404. The van der Waals surface area contributed by atoms with Crippen molar-refractivity contribution in [3.05, 3.63) is 16.7 Å². The van der Waals surface area contributed by atoms with Crippen LogP contribution in [-0.2, 0) is 4.74 Å². The van der Waals surface area contributed by atoms with Crippen LogP contribution >= 0.6 is 15.9 Å². The molecule has 0 spiro atoms. The second-order valence-electron chi connectivity index (χ2n) is 4.70. The van der Waals surface area contributed by atoms with E-state index in [1.165, 1.54) is 12.0 Å². The van der Waals surface area contributed by atoms with Crippen LogP contribution in [0.2, 0.25) is 0 Å². The molecule has 0 fully saturated rings. The van der Waals surface area contributed by atoms with Crippen molar-refractivity contribution in [3.63, 3.8) is 0 Å². The summed E-state index contributed by atoms with van der Waals surface area (Å²) in [7, 11) is 3.11. The Morgan fingerprint density at radius 3 is 2.50 bits per heavy atom. The van der Waals surface area contributed by atoms with Crippen LogP contribution in [0.4, 0.5) is 10.6 Å². The zero-order chi connectivity index (χ0) is 13.9. The summed E-state index contributed by atoms with van der Waals surface area (Å²) >= 11 is 3.26. The lowest BCUT2D eigenvalue weighted by Gasteiger charge is -2.24. The molecule has 0 unspecified atom stereocenters. The first-order chi connectivity index (χ1) is 8.24. The van der Waals surface area contributed by atoms with Gasteiger partial charge in [-0.25, -0.2) is 9.78 Å². The highest BCUT2D eigenvalue weighted by molar-refractivity contribution is 9.10. The average molecular weight is 317 g/mol. The van der Waals surface area contributed by atoms with Crippen molar-refractivity contribution in [2.75, 3.05) is 19.1 Å². The van der Waals surface area contributed by atoms with Gasteiger partial charge in [-0.1, -0.05) is 0 Å². The first-order valence-corrected chi connectivity index (χ1v) is 6.21. The predicted molar refractivity (Wildman–Crippen MR) is 73.1 cm³/mol. The third-order valence-electron chi connectivity index (χ3n) is 2.01. The minimum Gasteiger partial charge on any atom is -0.493 e. The van der Waals surface area contributed by atoms with Gasteiger partial charge in [0.2, 0.25) is 0 Å². The molecule has 0 saturated heterocycles. The van der Waals surface area contributed by atoms with Gasteiger partial charge < -0.3 is 9.47 Å². The van der Waals surface area contributed by atoms with Gasteiger partial charge in [-0.15, -0.1) is 0 Å². The van der Waals surface area contributed by atoms with Crippen molar-refractivity contribution >= 4 is 27.8 Å². The van der Waals surface area contributed by atoms with Gasteiger partial charge in [0.25, 0.3) is 0 Å². The third kappa shape index (κ3) is 3.87. The average Bonchev–Trinajstić information content (AvgIpc) is 2.25. The number of nitrogens with zero attached hydrogens (tertiary/aromatic N) is 2. The predicted octanol–water partition coefficient (Wildman–Crippen LogP) is 3.22. The number of pyridine rings is 1. The van der Waals surface area contributed by atoms with E-state index in [4.69, 9.17) is 9.47 Å². The number of methoxy groups -OCH3 is 1. The Balaban J connectivity index is 2.99. The van der Waals surface area contributed by atoms with Crippen molar-refractivity contribution < 1.29 is 14.3 Å². The zero-order valence-corrected chi connectivity index (χ0v) is 12.7. The molecule has 0 bridgehead atoms. The number of hydrogen-bond donors (Lipinski definition) is 0. The van der Waals surface area contributed by atoms with Crippen LogP contribution < -0.4 is 9.64 Å². The van der Waals surface area contributed by atoms with Crippen LogP contribution in [0, 0.1) is 0 Å². The van der Waals surface area contributed by atoms with E-state index in [1.54, 1.807) is 19.2 Å². The molecule has 1 amide bonds. The summed E-state index contributed by atoms with van der Waals surface area (Å²) in [5.74, 6) is 0.910. The first kappa shape index (κ1) is 14.8. The summed E-state index contributed by atoms with van der Waals surface area (Å²) in [6.07, 6.45) is -0.480. The highest BCUT2D eigenvalue weighted by Crippen LogP contribution is 2.28. The number of anilines is 1. The Hall–Kier alpha value is -1.30. The van der Waals surface area contributed by atoms with Crippen LogP contribution in [0.3, 0.4) is 0 Å². The highest BCUT2D eigenvalue weighted by Gasteiger charge is 2.23. The Kier molecular flexibility index (Phi) is 4.56. The fourth-order valence-electron chi connectivity index (χ4n) is 1.23. The summed E-state index contributed by atoms with van der Waals surface area (Å²) in [4.78, 5) is 17.5. The molecule has 1 heterocycles. The molecule has 0 aliphatic carbocycles. The molecule has 1 rings (SSSR count). The van der Waals surface area contributed by atoms with Gasteiger partial charge in [-0.05, 0) is 48.8 Å². The largest absolute Gasteiger partial charge is 0.493 e. The number of carbonyl (C=O) groups excluding carboxylic acids is 1. The zero-order valence-electron chi connectivity index (χ0n) is 11.2. The summed E-state index contributed by atoms with van der Waals surface area (Å²) in [6, 6.07) is 3.47. The summed E-state index contributed by atoms with van der Waals surface area (Å²) in [5, 5.41) is 0. The Morgan fingerprint density at radius 1 is 1.39 bits per heavy atom. The van der Waals surface area contributed by atoms with E-state index in [-0.39, 0.29) is 0 Å². The minimum atomic E-state index is -0.551. The van der Waals surface area contributed by atoms with E-state index >= 15 is 0 Å². The van der Waals surface area contributed by atoms with Crippen LogP contribution in [0.25, 0.3) is 0 Å². The number of rotatable bonds is 2.